The third-order valence-electron chi connectivity index (χ3n) is 7.56. The van der Waals surface area contributed by atoms with Crippen LogP contribution in [0, 0.1) is 0 Å². The highest BCUT2D eigenvalue weighted by Crippen LogP contribution is 2.33. The van der Waals surface area contributed by atoms with Crippen LogP contribution in [0.15, 0.2) is 68.6 Å². The Kier molecular flexibility index (Phi) is 8.48. The number of anilines is 1. The molecule has 1 aliphatic rings. The Morgan fingerprint density at radius 1 is 0.952 bits per heavy atom. The minimum absolute atomic E-state index is 0.143. The number of ether oxygens (including phenoxy) is 3. The topological polar surface area (TPSA) is 135 Å². The summed E-state index contributed by atoms with van der Waals surface area (Å²) in [5.41, 5.74) is 0.665. The van der Waals surface area contributed by atoms with E-state index >= 15 is 0 Å². The number of fused-ring (bicyclic) bond motifs is 1. The number of rotatable bonds is 9. The van der Waals surface area contributed by atoms with Gasteiger partial charge in [0.1, 0.15) is 17.3 Å². The van der Waals surface area contributed by atoms with Crippen molar-refractivity contribution in [3.8, 4) is 17.2 Å². The first kappa shape index (κ1) is 28.7. The molecule has 0 amide bonds. The van der Waals surface area contributed by atoms with Crippen molar-refractivity contribution >= 4 is 22.6 Å². The van der Waals surface area contributed by atoms with E-state index in [9.17, 15) is 19.5 Å². The van der Waals surface area contributed by atoms with Crippen molar-refractivity contribution in [3.05, 3.63) is 92.3 Å². The molecule has 0 aliphatic carbocycles. The normalized spacial score (nSPS) is 14.5. The fourth-order valence-corrected chi connectivity index (χ4v) is 5.23. The summed E-state index contributed by atoms with van der Waals surface area (Å²) >= 11 is 0. The van der Waals surface area contributed by atoms with Crippen LogP contribution in [-0.4, -0.2) is 68.5 Å². The van der Waals surface area contributed by atoms with E-state index in [1.165, 1.54) is 20.3 Å². The monoisotopic (exact) mass is 575 g/mol. The van der Waals surface area contributed by atoms with Crippen LogP contribution in [0.4, 0.5) is 5.69 Å². The SMILES string of the molecule is COC(=O)C[C@H](c1oc(CN2CCN(c3ccc(OC)cc3)CC2)cc(=O)c1O)c1cc2cc(OC)ccc2[nH]c1=O. The van der Waals surface area contributed by atoms with E-state index < -0.39 is 28.6 Å². The lowest BCUT2D eigenvalue weighted by Crippen LogP contribution is -2.46. The molecule has 11 nitrogen and oxygen atoms in total. The molecule has 0 bridgehead atoms. The maximum atomic E-state index is 13.2. The van der Waals surface area contributed by atoms with Gasteiger partial charge >= 0.3 is 5.97 Å². The molecule has 2 N–H and O–H groups in total. The van der Waals surface area contributed by atoms with E-state index in [1.807, 2.05) is 24.3 Å². The second-order valence-corrected chi connectivity index (χ2v) is 10.1. The summed E-state index contributed by atoms with van der Waals surface area (Å²) in [6.07, 6.45) is -0.324. The summed E-state index contributed by atoms with van der Waals surface area (Å²) in [6, 6.07) is 15.9. The summed E-state index contributed by atoms with van der Waals surface area (Å²) in [5.74, 6) is -0.822. The maximum Gasteiger partial charge on any atom is 0.306 e. The number of hydrogen-bond donors (Lipinski definition) is 2. The number of carbonyl (C=O) groups is 1. The van der Waals surface area contributed by atoms with Crippen molar-refractivity contribution in [2.45, 2.75) is 18.9 Å². The lowest BCUT2D eigenvalue weighted by atomic mass is 9.92. The highest BCUT2D eigenvalue weighted by molar-refractivity contribution is 5.81. The molecule has 1 fully saturated rings. The molecule has 11 heteroatoms. The van der Waals surface area contributed by atoms with E-state index in [0.29, 0.717) is 42.0 Å². The van der Waals surface area contributed by atoms with Crippen molar-refractivity contribution in [2.24, 2.45) is 0 Å². The van der Waals surface area contributed by atoms with E-state index in [4.69, 9.17) is 18.6 Å². The fourth-order valence-electron chi connectivity index (χ4n) is 5.23. The molecule has 4 aromatic rings. The Morgan fingerprint density at radius 2 is 1.64 bits per heavy atom. The van der Waals surface area contributed by atoms with Gasteiger partial charge in [0, 0.05) is 54.4 Å². The van der Waals surface area contributed by atoms with Crippen molar-refractivity contribution in [3.63, 3.8) is 0 Å². The number of aromatic nitrogens is 1. The molecule has 5 rings (SSSR count). The molecule has 0 spiro atoms. The largest absolute Gasteiger partial charge is 0.502 e. The van der Waals surface area contributed by atoms with Gasteiger partial charge in [0.2, 0.25) is 11.2 Å². The minimum atomic E-state index is -1.07. The lowest BCUT2D eigenvalue weighted by Gasteiger charge is -2.36. The zero-order valence-corrected chi connectivity index (χ0v) is 23.7. The summed E-state index contributed by atoms with van der Waals surface area (Å²) in [4.78, 5) is 45.8. The molecule has 0 saturated carbocycles. The van der Waals surface area contributed by atoms with Crippen LogP contribution < -0.4 is 25.4 Å². The second-order valence-electron chi connectivity index (χ2n) is 10.1. The molecule has 2 aromatic heterocycles. The Bertz CT molecular complexity index is 1690. The number of hydrogen-bond acceptors (Lipinski definition) is 10. The number of nitrogens with one attached hydrogen (secondary N) is 1. The molecule has 220 valence electrons. The fraction of sp³-hybridized carbons (Fsp3) is 0.323. The van der Waals surface area contributed by atoms with Gasteiger partial charge in [-0.2, -0.15) is 0 Å². The minimum Gasteiger partial charge on any atom is -0.502 e. The second kappa shape index (κ2) is 12.4. The number of pyridine rings is 1. The summed E-state index contributed by atoms with van der Waals surface area (Å²) < 4.78 is 21.5. The van der Waals surface area contributed by atoms with Crippen LogP contribution in [0.1, 0.15) is 29.4 Å². The number of aromatic amines is 1. The smallest absolute Gasteiger partial charge is 0.306 e. The van der Waals surface area contributed by atoms with Crippen LogP contribution in [-0.2, 0) is 16.1 Å². The van der Waals surface area contributed by atoms with Crippen molar-refractivity contribution in [2.75, 3.05) is 52.4 Å². The summed E-state index contributed by atoms with van der Waals surface area (Å²) in [5, 5.41) is 11.5. The van der Waals surface area contributed by atoms with Gasteiger partial charge < -0.3 is 33.6 Å². The van der Waals surface area contributed by atoms with Gasteiger partial charge in [-0.3, -0.25) is 19.3 Å². The standard InChI is InChI=1S/C31H33N3O8/c1-39-21-6-4-20(5-7-21)34-12-10-33(11-13-34)18-23-16-27(35)29(37)30(42-23)24(17-28(36)41-3)25-15-19-14-22(40-2)8-9-26(19)32-31(25)38/h4-9,14-16,24,37H,10-13,17-18H2,1-3H3,(H,32,38)/t24-/m0/s1. The van der Waals surface area contributed by atoms with Crippen LogP contribution in [0.25, 0.3) is 10.9 Å². The predicted molar refractivity (Wildman–Crippen MR) is 157 cm³/mol. The van der Waals surface area contributed by atoms with Gasteiger partial charge in [0.15, 0.2) is 5.76 Å². The zero-order chi connectivity index (χ0) is 29.8. The first-order valence-corrected chi connectivity index (χ1v) is 13.5. The Hall–Kier alpha value is -4.77. The lowest BCUT2D eigenvalue weighted by molar-refractivity contribution is -0.140. The van der Waals surface area contributed by atoms with Crippen LogP contribution in [0.2, 0.25) is 0 Å². The molecule has 42 heavy (non-hydrogen) atoms. The first-order chi connectivity index (χ1) is 20.3. The Labute approximate surface area is 241 Å². The Balaban J connectivity index is 1.43. The molecule has 1 atom stereocenters. The van der Waals surface area contributed by atoms with Crippen LogP contribution in [0.5, 0.6) is 17.2 Å². The molecular weight excluding hydrogens is 542 g/mol. The highest BCUT2D eigenvalue weighted by atomic mass is 16.5. The van der Waals surface area contributed by atoms with Gasteiger partial charge in [0.05, 0.1) is 40.2 Å². The van der Waals surface area contributed by atoms with Crippen molar-refractivity contribution in [1.29, 1.82) is 0 Å². The molecule has 3 heterocycles. The molecule has 1 aliphatic heterocycles. The van der Waals surface area contributed by atoms with Gasteiger partial charge in [-0.05, 0) is 48.5 Å². The average Bonchev–Trinajstić information content (AvgIpc) is 3.01. The number of aromatic hydroxyl groups is 1. The van der Waals surface area contributed by atoms with E-state index in [0.717, 1.165) is 24.5 Å². The van der Waals surface area contributed by atoms with Gasteiger partial charge in [-0.15, -0.1) is 0 Å². The van der Waals surface area contributed by atoms with Gasteiger partial charge in [-0.25, -0.2) is 0 Å². The summed E-state index contributed by atoms with van der Waals surface area (Å²) in [6.45, 7) is 3.27. The average molecular weight is 576 g/mol. The number of H-pyrrole nitrogens is 1. The number of piperazine rings is 1. The third-order valence-corrected chi connectivity index (χ3v) is 7.56. The van der Waals surface area contributed by atoms with Gasteiger partial charge in [-0.1, -0.05) is 0 Å². The molecular formula is C31H33N3O8. The quantitative estimate of drug-likeness (QED) is 0.287. The number of nitrogens with zero attached hydrogens (tertiary/aromatic N) is 2. The van der Waals surface area contributed by atoms with Crippen molar-refractivity contribution in [1.82, 2.24) is 9.88 Å². The zero-order valence-electron chi connectivity index (χ0n) is 23.7. The molecule has 0 unspecified atom stereocenters. The van der Waals surface area contributed by atoms with Crippen LogP contribution in [0.3, 0.4) is 0 Å². The van der Waals surface area contributed by atoms with E-state index in [2.05, 4.69) is 14.8 Å². The first-order valence-electron chi connectivity index (χ1n) is 13.5. The number of carbonyl (C=O) groups excluding carboxylic acids is 1. The number of methoxy groups -OCH3 is 3. The number of esters is 1. The Morgan fingerprint density at radius 3 is 2.31 bits per heavy atom. The van der Waals surface area contributed by atoms with Crippen molar-refractivity contribution < 1.29 is 28.5 Å². The summed E-state index contributed by atoms with van der Waals surface area (Å²) in [7, 11) is 4.40. The highest BCUT2D eigenvalue weighted by Gasteiger charge is 2.29. The molecule has 1 saturated heterocycles. The maximum absolute atomic E-state index is 13.2. The van der Waals surface area contributed by atoms with Gasteiger partial charge in [0.25, 0.3) is 5.56 Å². The predicted octanol–water partition coefficient (Wildman–Crippen LogP) is 3.22. The van der Waals surface area contributed by atoms with Crippen LogP contribution >= 0.6 is 0 Å². The van der Waals surface area contributed by atoms with E-state index in [-0.39, 0.29) is 17.7 Å². The van der Waals surface area contributed by atoms with E-state index in [1.54, 1.807) is 31.4 Å². The molecule has 0 radical (unpaired) electrons. The molecule has 2 aromatic carbocycles. The third kappa shape index (κ3) is 6.10. The number of benzene rings is 2.